The van der Waals surface area contributed by atoms with Gasteiger partial charge in [0.25, 0.3) is 5.91 Å². The summed E-state index contributed by atoms with van der Waals surface area (Å²) in [7, 11) is 0. The molecule has 1 N–H and O–H groups in total. The maximum absolute atomic E-state index is 13.3. The number of hydrogen-bond donors (Lipinski definition) is 1. The van der Waals surface area contributed by atoms with Crippen LogP contribution in [0, 0.1) is 24.5 Å². The summed E-state index contributed by atoms with van der Waals surface area (Å²) in [5.41, 5.74) is 2.01. The van der Waals surface area contributed by atoms with Crippen molar-refractivity contribution >= 4 is 5.91 Å². The second-order valence-corrected chi connectivity index (χ2v) is 7.05. The maximum atomic E-state index is 13.3. The zero-order chi connectivity index (χ0) is 18.7. The van der Waals surface area contributed by atoms with Crippen LogP contribution in [0.15, 0.2) is 36.4 Å². The Morgan fingerprint density at radius 1 is 1.19 bits per heavy atom. The first-order valence-corrected chi connectivity index (χ1v) is 8.97. The Kier molecular flexibility index (Phi) is 5.55. The van der Waals surface area contributed by atoms with Crippen molar-refractivity contribution in [3.8, 4) is 5.75 Å². The number of halogens is 2. The lowest BCUT2D eigenvalue weighted by Gasteiger charge is -2.33. The molecule has 0 bridgehead atoms. The molecule has 138 valence electrons. The first kappa shape index (κ1) is 18.4. The number of rotatable bonds is 4. The van der Waals surface area contributed by atoms with Gasteiger partial charge in [0.15, 0.2) is 11.6 Å². The second-order valence-electron chi connectivity index (χ2n) is 7.05. The van der Waals surface area contributed by atoms with Crippen molar-refractivity contribution in [3.63, 3.8) is 0 Å². The molecular weight excluding hydrogens is 336 g/mol. The third-order valence-electron chi connectivity index (χ3n) is 5.09. The predicted octanol–water partition coefficient (Wildman–Crippen LogP) is 4.46. The lowest BCUT2D eigenvalue weighted by Crippen LogP contribution is -2.40. The fraction of sp³-hybridized carbons (Fsp3) is 0.381. The van der Waals surface area contributed by atoms with Crippen LogP contribution in [-0.2, 0) is 6.42 Å². The average Bonchev–Trinajstić information content (AvgIpc) is 2.64. The molecule has 0 radical (unpaired) electrons. The Hall–Kier alpha value is -2.43. The summed E-state index contributed by atoms with van der Waals surface area (Å²) >= 11 is 0. The molecule has 26 heavy (non-hydrogen) atoms. The Balaban J connectivity index is 1.60. The molecule has 0 aromatic heterocycles. The number of aromatic hydroxyl groups is 1. The van der Waals surface area contributed by atoms with Crippen LogP contribution in [0.3, 0.4) is 0 Å². The first-order valence-electron chi connectivity index (χ1n) is 8.97. The summed E-state index contributed by atoms with van der Waals surface area (Å²) in [5.74, 6) is -1.26. The van der Waals surface area contributed by atoms with Gasteiger partial charge in [-0.05, 0) is 73.9 Å². The SMILES string of the molecule is Cc1ccc(C(=O)N2CCCC(CCc3ccc(F)c(F)c3)C2)cc1O. The summed E-state index contributed by atoms with van der Waals surface area (Å²) < 4.78 is 26.3. The molecule has 1 amide bonds. The number of likely N-dealkylation sites (tertiary alicyclic amines) is 1. The summed E-state index contributed by atoms with van der Waals surface area (Å²) in [5, 5.41) is 9.82. The molecule has 3 rings (SSSR count). The summed E-state index contributed by atoms with van der Waals surface area (Å²) in [6.07, 6.45) is 3.43. The van der Waals surface area contributed by atoms with Crippen LogP contribution in [0.25, 0.3) is 0 Å². The van der Waals surface area contributed by atoms with E-state index in [2.05, 4.69) is 0 Å². The van der Waals surface area contributed by atoms with Crippen molar-refractivity contribution in [2.75, 3.05) is 13.1 Å². The number of phenols is 1. The van der Waals surface area contributed by atoms with Crippen LogP contribution in [-0.4, -0.2) is 29.0 Å². The third-order valence-corrected chi connectivity index (χ3v) is 5.09. The highest BCUT2D eigenvalue weighted by molar-refractivity contribution is 5.94. The van der Waals surface area contributed by atoms with Gasteiger partial charge < -0.3 is 10.0 Å². The van der Waals surface area contributed by atoms with Crippen LogP contribution in [0.2, 0.25) is 0 Å². The number of carbonyl (C=O) groups excluding carboxylic acids is 1. The molecule has 2 aromatic rings. The van der Waals surface area contributed by atoms with Gasteiger partial charge in [0, 0.05) is 18.7 Å². The van der Waals surface area contributed by atoms with Crippen molar-refractivity contribution < 1.29 is 18.7 Å². The maximum Gasteiger partial charge on any atom is 0.253 e. The highest BCUT2D eigenvalue weighted by atomic mass is 19.2. The molecule has 3 nitrogen and oxygen atoms in total. The summed E-state index contributed by atoms with van der Waals surface area (Å²) in [6.45, 7) is 3.14. The topological polar surface area (TPSA) is 40.5 Å². The van der Waals surface area contributed by atoms with Gasteiger partial charge in [-0.15, -0.1) is 0 Å². The summed E-state index contributed by atoms with van der Waals surface area (Å²) in [4.78, 5) is 14.5. The smallest absolute Gasteiger partial charge is 0.253 e. The number of nitrogens with zero attached hydrogens (tertiary/aromatic N) is 1. The molecule has 1 atom stereocenters. The number of amides is 1. The molecule has 0 spiro atoms. The average molecular weight is 359 g/mol. The number of aryl methyl sites for hydroxylation is 2. The highest BCUT2D eigenvalue weighted by Gasteiger charge is 2.24. The van der Waals surface area contributed by atoms with E-state index in [0.29, 0.717) is 31.0 Å². The van der Waals surface area contributed by atoms with Gasteiger partial charge in [-0.3, -0.25) is 4.79 Å². The van der Waals surface area contributed by atoms with Crippen LogP contribution in [0.1, 0.15) is 40.7 Å². The molecule has 0 aliphatic carbocycles. The van der Waals surface area contributed by atoms with Gasteiger partial charge in [0.1, 0.15) is 5.75 Å². The molecule has 1 saturated heterocycles. The minimum Gasteiger partial charge on any atom is -0.508 e. The van der Waals surface area contributed by atoms with Crippen molar-refractivity contribution in [1.29, 1.82) is 0 Å². The van der Waals surface area contributed by atoms with Gasteiger partial charge >= 0.3 is 0 Å². The van der Waals surface area contributed by atoms with Gasteiger partial charge in [0.05, 0.1) is 0 Å². The van der Waals surface area contributed by atoms with Gasteiger partial charge in [-0.25, -0.2) is 8.78 Å². The molecular formula is C21H23F2NO2. The molecule has 1 heterocycles. The fourth-order valence-corrected chi connectivity index (χ4v) is 3.48. The predicted molar refractivity (Wildman–Crippen MR) is 96.2 cm³/mol. The number of benzene rings is 2. The highest BCUT2D eigenvalue weighted by Crippen LogP contribution is 2.25. The van der Waals surface area contributed by atoms with Crippen molar-refractivity contribution in [3.05, 3.63) is 64.7 Å². The van der Waals surface area contributed by atoms with Crippen LogP contribution < -0.4 is 0 Å². The molecule has 1 aliphatic heterocycles. The molecule has 5 heteroatoms. The van der Waals surface area contributed by atoms with Crippen molar-refractivity contribution in [2.45, 2.75) is 32.6 Å². The van der Waals surface area contributed by atoms with Gasteiger partial charge in [-0.1, -0.05) is 12.1 Å². The first-order chi connectivity index (χ1) is 12.4. The molecule has 1 fully saturated rings. The quantitative estimate of drug-likeness (QED) is 0.875. The van der Waals surface area contributed by atoms with Crippen LogP contribution in [0.4, 0.5) is 8.78 Å². The largest absolute Gasteiger partial charge is 0.508 e. The lowest BCUT2D eigenvalue weighted by atomic mass is 9.91. The number of hydrogen-bond acceptors (Lipinski definition) is 2. The second kappa shape index (κ2) is 7.85. The van der Waals surface area contributed by atoms with Crippen molar-refractivity contribution in [2.24, 2.45) is 5.92 Å². The third kappa shape index (κ3) is 4.21. The molecule has 1 unspecified atom stereocenters. The van der Waals surface area contributed by atoms with Gasteiger partial charge in [0.2, 0.25) is 0 Å². The van der Waals surface area contributed by atoms with Gasteiger partial charge in [-0.2, -0.15) is 0 Å². The van der Waals surface area contributed by atoms with E-state index in [-0.39, 0.29) is 11.7 Å². The van der Waals surface area contributed by atoms with E-state index in [1.54, 1.807) is 25.1 Å². The molecule has 2 aromatic carbocycles. The minimum absolute atomic E-state index is 0.0715. The van der Waals surface area contributed by atoms with E-state index in [9.17, 15) is 18.7 Å². The van der Waals surface area contributed by atoms with E-state index in [0.717, 1.165) is 36.5 Å². The zero-order valence-corrected chi connectivity index (χ0v) is 14.8. The Bertz CT molecular complexity index is 807. The normalized spacial score (nSPS) is 17.3. The fourth-order valence-electron chi connectivity index (χ4n) is 3.48. The van der Waals surface area contributed by atoms with Crippen LogP contribution >= 0.6 is 0 Å². The Labute approximate surface area is 152 Å². The zero-order valence-electron chi connectivity index (χ0n) is 14.8. The molecule has 0 saturated carbocycles. The number of phenolic OH excluding ortho intramolecular Hbond substituents is 1. The van der Waals surface area contributed by atoms with Crippen molar-refractivity contribution in [1.82, 2.24) is 4.90 Å². The van der Waals surface area contributed by atoms with E-state index in [1.807, 2.05) is 4.90 Å². The lowest BCUT2D eigenvalue weighted by molar-refractivity contribution is 0.0668. The Morgan fingerprint density at radius 2 is 2.00 bits per heavy atom. The van der Waals surface area contributed by atoms with Crippen LogP contribution in [0.5, 0.6) is 5.75 Å². The minimum atomic E-state index is -0.829. The van der Waals surface area contributed by atoms with E-state index in [1.165, 1.54) is 12.1 Å². The van der Waals surface area contributed by atoms with E-state index in [4.69, 9.17) is 0 Å². The van der Waals surface area contributed by atoms with E-state index >= 15 is 0 Å². The standard InChI is InChI=1S/C21H23F2NO2/c1-14-4-8-17(12-20(14)25)21(26)24-10-2-3-16(13-24)6-5-15-7-9-18(22)19(23)11-15/h4,7-9,11-12,16,25H,2-3,5-6,10,13H2,1H3. The monoisotopic (exact) mass is 359 g/mol. The number of carbonyl (C=O) groups is 1. The number of piperidine rings is 1. The molecule has 1 aliphatic rings. The Morgan fingerprint density at radius 3 is 2.73 bits per heavy atom. The van der Waals surface area contributed by atoms with E-state index < -0.39 is 11.6 Å². The summed E-state index contributed by atoms with van der Waals surface area (Å²) in [6, 6.07) is 9.01.